The highest BCUT2D eigenvalue weighted by atomic mass is 16.5. The van der Waals surface area contributed by atoms with E-state index >= 15 is 0 Å². The van der Waals surface area contributed by atoms with E-state index in [1.807, 2.05) is 48.3 Å². The fourth-order valence-corrected chi connectivity index (χ4v) is 3.95. The molecular formula is C26H35N3O3. The molecule has 1 aliphatic heterocycles. The van der Waals surface area contributed by atoms with Crippen molar-refractivity contribution in [2.24, 2.45) is 5.41 Å². The number of nitrogens with one attached hydrogen (secondary N) is 2. The maximum Gasteiger partial charge on any atom is 0.253 e. The van der Waals surface area contributed by atoms with Gasteiger partial charge in [-0.25, -0.2) is 0 Å². The van der Waals surface area contributed by atoms with Crippen molar-refractivity contribution in [2.45, 2.75) is 33.6 Å². The van der Waals surface area contributed by atoms with E-state index in [-0.39, 0.29) is 11.3 Å². The van der Waals surface area contributed by atoms with Crippen LogP contribution in [0, 0.1) is 5.41 Å². The van der Waals surface area contributed by atoms with E-state index in [0.29, 0.717) is 25.4 Å². The Labute approximate surface area is 191 Å². The minimum absolute atomic E-state index is 0.0268. The van der Waals surface area contributed by atoms with Gasteiger partial charge in [-0.3, -0.25) is 4.79 Å². The molecule has 1 amide bonds. The van der Waals surface area contributed by atoms with Gasteiger partial charge in [0.2, 0.25) is 0 Å². The van der Waals surface area contributed by atoms with Crippen molar-refractivity contribution >= 4 is 22.9 Å². The summed E-state index contributed by atoms with van der Waals surface area (Å²) >= 11 is 0. The summed E-state index contributed by atoms with van der Waals surface area (Å²) in [7, 11) is 3.53. The minimum atomic E-state index is -0.326. The van der Waals surface area contributed by atoms with Crippen molar-refractivity contribution in [1.82, 2.24) is 4.90 Å². The molecule has 2 aromatic rings. The highest BCUT2D eigenvalue weighted by molar-refractivity contribution is 5.96. The second kappa shape index (κ2) is 9.98. The molecule has 1 aliphatic rings. The summed E-state index contributed by atoms with van der Waals surface area (Å²) in [5, 5.41) is 6.30. The molecule has 0 fully saturated rings. The summed E-state index contributed by atoms with van der Waals surface area (Å²) in [6.45, 7) is 12.5. The van der Waals surface area contributed by atoms with Gasteiger partial charge in [-0.15, -0.1) is 0 Å². The topological polar surface area (TPSA) is 62.8 Å². The van der Waals surface area contributed by atoms with Gasteiger partial charge in [0.25, 0.3) is 5.91 Å². The zero-order valence-electron chi connectivity index (χ0n) is 19.9. The Morgan fingerprint density at radius 2 is 2.00 bits per heavy atom. The summed E-state index contributed by atoms with van der Waals surface area (Å²) in [4.78, 5) is 15.4. The Bertz CT molecular complexity index is 984. The second-order valence-corrected chi connectivity index (χ2v) is 8.78. The lowest BCUT2D eigenvalue weighted by Gasteiger charge is -2.35. The molecule has 0 spiro atoms. The van der Waals surface area contributed by atoms with Crippen LogP contribution >= 0.6 is 0 Å². The summed E-state index contributed by atoms with van der Waals surface area (Å²) in [6.07, 6.45) is 1.97. The first kappa shape index (κ1) is 23.5. The fourth-order valence-electron chi connectivity index (χ4n) is 3.95. The standard InChI is InChI=1S/C26H35N3O3/c1-7-8-13-29(25(30)20-10-12-23-22(14-20)28-17-32-23)16-26(3,4)18(2)19-9-11-21(27-5)24(15-19)31-6/h9-12,14-15,27-28H,2,7-8,13,16-17H2,1,3-6H3. The lowest BCUT2D eigenvalue weighted by Crippen LogP contribution is -2.40. The molecule has 0 saturated carbocycles. The third kappa shape index (κ3) is 5.01. The Morgan fingerprint density at radius 1 is 1.25 bits per heavy atom. The molecule has 0 bridgehead atoms. The molecule has 2 N–H and O–H groups in total. The zero-order valence-corrected chi connectivity index (χ0v) is 19.9. The number of hydrogen-bond acceptors (Lipinski definition) is 5. The maximum atomic E-state index is 13.5. The van der Waals surface area contributed by atoms with Crippen LogP contribution in [0.15, 0.2) is 43.0 Å². The van der Waals surface area contributed by atoms with Crippen molar-refractivity contribution in [1.29, 1.82) is 0 Å². The number of benzene rings is 2. The van der Waals surface area contributed by atoms with E-state index in [2.05, 4.69) is 38.0 Å². The first-order valence-electron chi connectivity index (χ1n) is 11.2. The van der Waals surface area contributed by atoms with Crippen molar-refractivity contribution in [3.05, 3.63) is 54.1 Å². The van der Waals surface area contributed by atoms with Crippen LogP contribution in [0.1, 0.15) is 49.5 Å². The smallest absolute Gasteiger partial charge is 0.253 e. The van der Waals surface area contributed by atoms with Crippen LogP contribution in [0.25, 0.3) is 5.57 Å². The fraction of sp³-hybridized carbons (Fsp3) is 0.423. The first-order chi connectivity index (χ1) is 15.3. The Morgan fingerprint density at radius 3 is 2.69 bits per heavy atom. The van der Waals surface area contributed by atoms with Gasteiger partial charge in [-0.1, -0.05) is 39.8 Å². The number of amides is 1. The Balaban J connectivity index is 1.83. The maximum absolute atomic E-state index is 13.5. The number of rotatable bonds is 10. The number of hydrogen-bond donors (Lipinski definition) is 2. The number of carbonyl (C=O) groups excluding carboxylic acids is 1. The molecular weight excluding hydrogens is 402 g/mol. The average molecular weight is 438 g/mol. The molecule has 3 rings (SSSR count). The molecule has 0 aromatic heterocycles. The normalized spacial score (nSPS) is 12.4. The molecule has 0 radical (unpaired) electrons. The lowest BCUT2D eigenvalue weighted by atomic mass is 9.80. The van der Waals surface area contributed by atoms with E-state index in [4.69, 9.17) is 9.47 Å². The molecule has 0 aliphatic carbocycles. The number of fused-ring (bicyclic) bond motifs is 1. The monoisotopic (exact) mass is 437 g/mol. The van der Waals surface area contributed by atoms with E-state index < -0.39 is 0 Å². The highest BCUT2D eigenvalue weighted by Gasteiger charge is 2.29. The number of methoxy groups -OCH3 is 1. The van der Waals surface area contributed by atoms with E-state index in [9.17, 15) is 4.79 Å². The largest absolute Gasteiger partial charge is 0.495 e. The molecule has 2 aromatic carbocycles. The number of ether oxygens (including phenoxy) is 2. The van der Waals surface area contributed by atoms with Gasteiger partial charge >= 0.3 is 0 Å². The van der Waals surface area contributed by atoms with Gasteiger partial charge in [-0.2, -0.15) is 0 Å². The molecule has 172 valence electrons. The Kier molecular flexibility index (Phi) is 7.33. The summed E-state index contributed by atoms with van der Waals surface area (Å²) in [5.74, 6) is 1.59. The quantitative estimate of drug-likeness (QED) is 0.515. The van der Waals surface area contributed by atoms with Crippen LogP contribution in [-0.2, 0) is 0 Å². The minimum Gasteiger partial charge on any atom is -0.495 e. The second-order valence-electron chi connectivity index (χ2n) is 8.78. The van der Waals surface area contributed by atoms with Crippen LogP contribution in [0.5, 0.6) is 11.5 Å². The molecule has 32 heavy (non-hydrogen) atoms. The number of carbonyl (C=O) groups is 1. The molecule has 1 heterocycles. The number of anilines is 2. The van der Waals surface area contributed by atoms with Gasteiger partial charge in [0.05, 0.1) is 18.5 Å². The van der Waals surface area contributed by atoms with Crippen molar-refractivity contribution in [3.63, 3.8) is 0 Å². The SMILES string of the molecule is C=C(c1ccc(NC)c(OC)c1)C(C)(C)CN(CCCC)C(=O)c1ccc2c(c1)NCO2. The summed E-state index contributed by atoms with van der Waals surface area (Å²) in [5.41, 5.74) is 4.11. The number of nitrogens with zero attached hydrogens (tertiary/aromatic N) is 1. The number of unbranched alkanes of at least 4 members (excludes halogenated alkanes) is 1. The van der Waals surface area contributed by atoms with Gasteiger partial charge < -0.3 is 25.0 Å². The van der Waals surface area contributed by atoms with Crippen molar-refractivity contribution < 1.29 is 14.3 Å². The highest BCUT2D eigenvalue weighted by Crippen LogP contribution is 2.38. The van der Waals surface area contributed by atoms with Crippen molar-refractivity contribution in [3.8, 4) is 11.5 Å². The predicted octanol–water partition coefficient (Wildman–Crippen LogP) is 5.48. The van der Waals surface area contributed by atoms with Gasteiger partial charge in [0.15, 0.2) is 6.73 Å². The van der Waals surface area contributed by atoms with Crippen LogP contribution < -0.4 is 20.1 Å². The van der Waals surface area contributed by atoms with Gasteiger partial charge in [0.1, 0.15) is 11.5 Å². The predicted molar refractivity (Wildman–Crippen MR) is 132 cm³/mol. The van der Waals surface area contributed by atoms with E-state index in [1.165, 1.54) is 0 Å². The third-order valence-corrected chi connectivity index (χ3v) is 6.01. The van der Waals surface area contributed by atoms with Crippen LogP contribution in [-0.4, -0.2) is 44.8 Å². The summed E-state index contributed by atoms with van der Waals surface area (Å²) in [6, 6.07) is 11.6. The zero-order chi connectivity index (χ0) is 23.3. The van der Waals surface area contributed by atoms with Crippen LogP contribution in [0.3, 0.4) is 0 Å². The molecule has 0 saturated heterocycles. The summed E-state index contributed by atoms with van der Waals surface area (Å²) < 4.78 is 11.0. The molecule has 0 unspecified atom stereocenters. The first-order valence-corrected chi connectivity index (χ1v) is 11.2. The van der Waals surface area contributed by atoms with E-state index in [1.54, 1.807) is 7.11 Å². The lowest BCUT2D eigenvalue weighted by molar-refractivity contribution is 0.0712. The molecule has 6 heteroatoms. The Hall–Kier alpha value is -3.15. The van der Waals surface area contributed by atoms with E-state index in [0.717, 1.165) is 46.9 Å². The molecule has 0 atom stereocenters. The van der Waals surface area contributed by atoms with Gasteiger partial charge in [0, 0.05) is 31.1 Å². The van der Waals surface area contributed by atoms with Gasteiger partial charge in [-0.05, 0) is 47.9 Å². The molecule has 6 nitrogen and oxygen atoms in total. The van der Waals surface area contributed by atoms with Crippen molar-refractivity contribution in [2.75, 3.05) is 44.6 Å². The average Bonchev–Trinajstić information content (AvgIpc) is 3.28. The van der Waals surface area contributed by atoms with Crippen LogP contribution in [0.4, 0.5) is 11.4 Å². The third-order valence-electron chi connectivity index (χ3n) is 6.01. The van der Waals surface area contributed by atoms with Crippen LogP contribution in [0.2, 0.25) is 0 Å².